The minimum absolute atomic E-state index is 0.117. The Morgan fingerprint density at radius 1 is 1.29 bits per heavy atom. The van der Waals surface area contributed by atoms with Crippen molar-refractivity contribution in [2.24, 2.45) is 11.8 Å². The van der Waals surface area contributed by atoms with Crippen molar-refractivity contribution in [3.8, 4) is 0 Å². The summed E-state index contributed by atoms with van der Waals surface area (Å²) in [4.78, 5) is 12.3. The number of carbonyl (C=O) groups is 1. The summed E-state index contributed by atoms with van der Waals surface area (Å²) in [7, 11) is 0. The van der Waals surface area contributed by atoms with Crippen molar-refractivity contribution in [3.05, 3.63) is 0 Å². The van der Waals surface area contributed by atoms with Crippen LogP contribution < -0.4 is 5.32 Å². The monoisotopic (exact) mass is 297 g/mol. The van der Waals surface area contributed by atoms with Crippen LogP contribution in [0.5, 0.6) is 0 Å². The fourth-order valence-electron chi connectivity index (χ4n) is 3.54. The van der Waals surface area contributed by atoms with E-state index in [1.54, 1.807) is 0 Å². The van der Waals surface area contributed by atoms with Crippen LogP contribution in [-0.2, 0) is 10.0 Å². The zero-order valence-electron chi connectivity index (χ0n) is 14.7. The van der Waals surface area contributed by atoms with Crippen LogP contribution in [0.4, 0.5) is 0 Å². The van der Waals surface area contributed by atoms with Crippen LogP contribution in [0.2, 0.25) is 0 Å². The topological polar surface area (TPSA) is 52.2 Å². The Kier molecular flexibility index (Phi) is 6.23. The molecule has 0 aromatic rings. The molecule has 0 aromatic heterocycles. The van der Waals surface area contributed by atoms with Crippen LogP contribution in [0.1, 0.15) is 73.6 Å². The van der Waals surface area contributed by atoms with Gasteiger partial charge in [0.15, 0.2) is 0 Å². The smallest absolute Gasteiger partial charge is 0.223 e. The van der Waals surface area contributed by atoms with Crippen molar-refractivity contribution in [1.29, 1.82) is 0 Å². The van der Waals surface area contributed by atoms with Gasteiger partial charge in [0.2, 0.25) is 5.91 Å². The van der Waals surface area contributed by atoms with Gasteiger partial charge in [-0.2, -0.15) is 0 Å². The molecule has 1 rings (SSSR count). The van der Waals surface area contributed by atoms with E-state index >= 15 is 0 Å². The van der Waals surface area contributed by atoms with Gasteiger partial charge in [0.05, 0.1) is 0 Å². The first-order valence-corrected chi connectivity index (χ1v) is 8.42. The molecule has 1 fully saturated rings. The van der Waals surface area contributed by atoms with E-state index in [9.17, 15) is 10.0 Å². The van der Waals surface area contributed by atoms with Crippen molar-refractivity contribution < 1.29 is 10.0 Å². The van der Waals surface area contributed by atoms with Gasteiger partial charge in [-0.15, -0.1) is 10.3 Å². The van der Waals surface area contributed by atoms with Crippen molar-refractivity contribution in [1.82, 2.24) is 10.4 Å². The Balaban J connectivity index is 2.56. The van der Waals surface area contributed by atoms with Crippen LogP contribution in [0, 0.1) is 11.8 Å². The van der Waals surface area contributed by atoms with E-state index in [0.717, 1.165) is 32.1 Å². The van der Waals surface area contributed by atoms with Crippen LogP contribution >= 0.6 is 0 Å². The normalized spacial score (nSPS) is 25.8. The quantitative estimate of drug-likeness (QED) is 0.781. The molecule has 1 saturated heterocycles. The number of carbonyl (C=O) groups excluding carboxylic acids is 1. The highest BCUT2D eigenvalue weighted by atomic mass is 16.5. The Hall–Kier alpha value is -0.610. The lowest BCUT2D eigenvalue weighted by atomic mass is 9.86. The molecular formula is C17H33N2O2. The Bertz CT molecular complexity index is 353. The number of nitrogens with one attached hydrogen (secondary N) is 1. The summed E-state index contributed by atoms with van der Waals surface area (Å²) in [6.07, 6.45) is 4.90. The van der Waals surface area contributed by atoms with Gasteiger partial charge in [-0.3, -0.25) is 4.79 Å². The number of hydrogen-bond donors (Lipinski definition) is 1. The minimum Gasteiger partial charge on any atom is -0.356 e. The van der Waals surface area contributed by atoms with Crippen LogP contribution in [0.15, 0.2) is 0 Å². The summed E-state index contributed by atoms with van der Waals surface area (Å²) in [5, 5.41) is 16.6. The maximum atomic E-state index is 12.3. The standard InChI is InChI=1S/C17H33N2O2/c1-7-9-10-13(8-2)15(20)18-12-14-11-16(3,4)19(21)17(14,5)6/h13-14H,7-12H2,1-6H3,(H,18,20). The largest absolute Gasteiger partial charge is 0.356 e. The molecule has 4 nitrogen and oxygen atoms in total. The van der Waals surface area contributed by atoms with Crippen molar-refractivity contribution in [2.45, 2.75) is 84.7 Å². The fourth-order valence-corrected chi connectivity index (χ4v) is 3.54. The first kappa shape index (κ1) is 18.4. The molecular weight excluding hydrogens is 264 g/mol. The van der Waals surface area contributed by atoms with Gasteiger partial charge >= 0.3 is 0 Å². The third-order valence-electron chi connectivity index (χ3n) is 5.11. The zero-order valence-corrected chi connectivity index (χ0v) is 14.7. The molecule has 0 saturated carbocycles. The molecule has 1 amide bonds. The van der Waals surface area contributed by atoms with E-state index in [4.69, 9.17) is 0 Å². The first-order chi connectivity index (χ1) is 9.66. The zero-order chi connectivity index (χ0) is 16.3. The third kappa shape index (κ3) is 4.19. The first-order valence-electron chi connectivity index (χ1n) is 8.42. The predicted octanol–water partition coefficient (Wildman–Crippen LogP) is 3.54. The van der Waals surface area contributed by atoms with Crippen molar-refractivity contribution in [2.75, 3.05) is 6.54 Å². The lowest BCUT2D eigenvalue weighted by Gasteiger charge is -2.33. The highest BCUT2D eigenvalue weighted by molar-refractivity contribution is 5.78. The second-order valence-electron chi connectivity index (χ2n) is 7.65. The average Bonchev–Trinajstić information content (AvgIpc) is 2.57. The highest BCUT2D eigenvalue weighted by Crippen LogP contribution is 2.43. The molecule has 21 heavy (non-hydrogen) atoms. The lowest BCUT2D eigenvalue weighted by molar-refractivity contribution is -0.248. The molecule has 2 unspecified atom stereocenters. The molecule has 0 aliphatic carbocycles. The van der Waals surface area contributed by atoms with E-state index < -0.39 is 5.54 Å². The summed E-state index contributed by atoms with van der Waals surface area (Å²) in [6.45, 7) is 12.8. The summed E-state index contributed by atoms with van der Waals surface area (Å²) >= 11 is 0. The molecule has 1 N–H and O–H groups in total. The molecule has 4 heteroatoms. The number of hydrogen-bond acceptors (Lipinski definition) is 2. The van der Waals surface area contributed by atoms with E-state index in [2.05, 4.69) is 19.2 Å². The lowest BCUT2D eigenvalue weighted by Crippen LogP contribution is -2.48. The van der Waals surface area contributed by atoms with Gasteiger partial charge < -0.3 is 5.32 Å². The van der Waals surface area contributed by atoms with Gasteiger partial charge in [0.25, 0.3) is 0 Å². The molecule has 1 radical (unpaired) electrons. The molecule has 1 aliphatic rings. The van der Waals surface area contributed by atoms with Gasteiger partial charge in [-0.25, -0.2) is 0 Å². The van der Waals surface area contributed by atoms with Gasteiger partial charge in [-0.1, -0.05) is 26.7 Å². The molecule has 123 valence electrons. The maximum Gasteiger partial charge on any atom is 0.223 e. The molecule has 0 bridgehead atoms. The number of rotatable bonds is 7. The van der Waals surface area contributed by atoms with Crippen LogP contribution in [-0.4, -0.2) is 28.6 Å². The van der Waals surface area contributed by atoms with E-state index in [0.29, 0.717) is 6.54 Å². The predicted molar refractivity (Wildman–Crippen MR) is 85.1 cm³/mol. The molecule has 1 aliphatic heterocycles. The second kappa shape index (κ2) is 7.10. The highest BCUT2D eigenvalue weighted by Gasteiger charge is 2.52. The Morgan fingerprint density at radius 2 is 1.90 bits per heavy atom. The molecule has 0 spiro atoms. The van der Waals surface area contributed by atoms with E-state index in [-0.39, 0.29) is 23.3 Å². The Labute approximate surface area is 130 Å². The molecule has 2 atom stereocenters. The summed E-state index contributed by atoms with van der Waals surface area (Å²) < 4.78 is 0. The SMILES string of the molecule is CCCCC(CC)C(=O)NCC1CC(C)(C)N([O])C1(C)C. The van der Waals surface area contributed by atoms with Crippen molar-refractivity contribution in [3.63, 3.8) is 0 Å². The number of nitrogens with zero attached hydrogens (tertiary/aromatic N) is 1. The third-order valence-corrected chi connectivity index (χ3v) is 5.11. The van der Waals surface area contributed by atoms with Crippen LogP contribution in [0.25, 0.3) is 0 Å². The van der Waals surface area contributed by atoms with Crippen molar-refractivity contribution >= 4 is 5.91 Å². The van der Waals surface area contributed by atoms with Gasteiger partial charge in [0.1, 0.15) is 0 Å². The number of unbranched alkanes of at least 4 members (excludes halogenated alkanes) is 1. The van der Waals surface area contributed by atoms with Crippen LogP contribution in [0.3, 0.4) is 0 Å². The van der Waals surface area contributed by atoms with E-state index in [1.807, 2.05) is 27.7 Å². The number of amides is 1. The Morgan fingerprint density at radius 3 is 2.33 bits per heavy atom. The van der Waals surface area contributed by atoms with E-state index in [1.165, 1.54) is 5.06 Å². The maximum absolute atomic E-state index is 12.3. The van der Waals surface area contributed by atoms with Gasteiger partial charge in [-0.05, 0) is 52.9 Å². The number of hydroxylamine groups is 2. The summed E-state index contributed by atoms with van der Waals surface area (Å²) in [5.74, 6) is 0.479. The second-order valence-corrected chi connectivity index (χ2v) is 7.65. The summed E-state index contributed by atoms with van der Waals surface area (Å²) in [5.41, 5.74) is -0.757. The fraction of sp³-hybridized carbons (Fsp3) is 0.941. The molecule has 1 heterocycles. The average molecular weight is 297 g/mol. The summed E-state index contributed by atoms with van der Waals surface area (Å²) in [6, 6.07) is 0. The van der Waals surface area contributed by atoms with Gasteiger partial charge in [0, 0.05) is 23.5 Å². The molecule has 0 aromatic carbocycles. The minimum atomic E-state index is -0.415.